The monoisotopic (exact) mass is 494 g/mol. The van der Waals surface area contributed by atoms with Crippen LogP contribution in [0, 0.1) is 12.3 Å². The Morgan fingerprint density at radius 3 is 2.89 bits per heavy atom. The number of benzene rings is 1. The zero-order valence-electron chi connectivity index (χ0n) is 21.3. The lowest BCUT2D eigenvalue weighted by Gasteiger charge is -2.28. The van der Waals surface area contributed by atoms with Crippen molar-refractivity contribution in [3.8, 4) is 40.5 Å². The molecular formula is C30H30N4O3. The third-order valence-corrected chi connectivity index (χ3v) is 6.36. The molecule has 1 amide bonds. The molecule has 0 bridgehead atoms. The number of aromatic nitrogens is 3. The number of pyridine rings is 2. The lowest BCUT2D eigenvalue weighted by molar-refractivity contribution is 0.0187. The van der Waals surface area contributed by atoms with Crippen molar-refractivity contribution in [2.45, 2.75) is 45.3 Å². The fourth-order valence-electron chi connectivity index (χ4n) is 4.73. The minimum absolute atomic E-state index is 0.0703. The highest BCUT2D eigenvalue weighted by Crippen LogP contribution is 2.41. The van der Waals surface area contributed by atoms with Crippen LogP contribution in [0.4, 0.5) is 4.79 Å². The molecule has 1 fully saturated rings. The lowest BCUT2D eigenvalue weighted by Crippen LogP contribution is -2.42. The van der Waals surface area contributed by atoms with Crippen LogP contribution in [0.25, 0.3) is 33.4 Å². The number of aromatic amines is 1. The Labute approximate surface area is 216 Å². The fourth-order valence-corrected chi connectivity index (χ4v) is 4.73. The number of terminal acetylenes is 1. The summed E-state index contributed by atoms with van der Waals surface area (Å²) in [6, 6.07) is 13.6. The van der Waals surface area contributed by atoms with Crippen molar-refractivity contribution >= 4 is 17.1 Å². The van der Waals surface area contributed by atoms with Crippen molar-refractivity contribution in [3.05, 3.63) is 66.6 Å². The largest absolute Gasteiger partial charge is 0.489 e. The highest BCUT2D eigenvalue weighted by Gasteiger charge is 2.33. The van der Waals surface area contributed by atoms with E-state index in [4.69, 9.17) is 15.9 Å². The SMILES string of the molecule is C#Cc1cccc(-c2c(-c3ccncc3OC[C@@H]3CCCN3C(=O)OC(C)(C)C)[nH]c3cccnc23)c1. The zero-order valence-corrected chi connectivity index (χ0v) is 21.3. The highest BCUT2D eigenvalue weighted by atomic mass is 16.6. The average Bonchev–Trinajstić information content (AvgIpc) is 3.51. The first kappa shape index (κ1) is 24.4. The summed E-state index contributed by atoms with van der Waals surface area (Å²) in [6.07, 6.45) is 12.4. The zero-order chi connectivity index (χ0) is 26.0. The summed E-state index contributed by atoms with van der Waals surface area (Å²) < 4.78 is 11.9. The first-order valence-corrected chi connectivity index (χ1v) is 12.4. The maximum atomic E-state index is 12.7. The summed E-state index contributed by atoms with van der Waals surface area (Å²) in [5.74, 6) is 3.34. The van der Waals surface area contributed by atoms with Gasteiger partial charge in [-0.3, -0.25) is 9.97 Å². The van der Waals surface area contributed by atoms with Crippen molar-refractivity contribution in [2.75, 3.05) is 13.2 Å². The van der Waals surface area contributed by atoms with E-state index >= 15 is 0 Å². The summed E-state index contributed by atoms with van der Waals surface area (Å²) in [4.78, 5) is 27.0. The number of H-pyrrole nitrogens is 1. The maximum absolute atomic E-state index is 12.7. The van der Waals surface area contributed by atoms with Gasteiger partial charge < -0.3 is 19.4 Å². The standard InChI is InChI=1S/C30H30N4O3/c1-5-20-9-6-10-21(17-20)26-27(33-24-12-7-14-32-28(24)26)23-13-15-31-18-25(23)36-19-22-11-8-16-34(22)29(35)37-30(2,3)4/h1,6-7,9-10,12-15,17-18,22,33H,8,11,16,19H2,2-4H3/t22-/m0/s1. The van der Waals surface area contributed by atoms with E-state index in [-0.39, 0.29) is 12.1 Å². The molecule has 0 aliphatic carbocycles. The van der Waals surface area contributed by atoms with Gasteiger partial charge in [0.1, 0.15) is 18.0 Å². The van der Waals surface area contributed by atoms with E-state index in [2.05, 4.69) is 20.9 Å². The summed E-state index contributed by atoms with van der Waals surface area (Å²) in [5.41, 5.74) is 5.65. The van der Waals surface area contributed by atoms with Gasteiger partial charge in [0.25, 0.3) is 0 Å². The van der Waals surface area contributed by atoms with Gasteiger partial charge in [-0.1, -0.05) is 18.1 Å². The fraction of sp³-hybridized carbons (Fsp3) is 0.300. The summed E-state index contributed by atoms with van der Waals surface area (Å²) in [7, 11) is 0. The second kappa shape index (κ2) is 9.98. The van der Waals surface area contributed by atoms with Gasteiger partial charge in [0.15, 0.2) is 0 Å². The number of hydrogen-bond donors (Lipinski definition) is 1. The molecule has 4 aromatic rings. The Hall–Kier alpha value is -4.31. The van der Waals surface area contributed by atoms with Crippen LogP contribution in [-0.4, -0.2) is 50.7 Å². The molecule has 1 aliphatic heterocycles. The Balaban J connectivity index is 1.48. The topological polar surface area (TPSA) is 80.3 Å². The number of nitrogens with one attached hydrogen (secondary N) is 1. The quantitative estimate of drug-likeness (QED) is 0.342. The number of likely N-dealkylation sites (tertiary alicyclic amines) is 1. The molecule has 1 N–H and O–H groups in total. The number of carbonyl (C=O) groups excluding carboxylic acids is 1. The number of nitrogens with zero attached hydrogens (tertiary/aromatic N) is 3. The number of amides is 1. The van der Waals surface area contributed by atoms with Gasteiger partial charge in [-0.2, -0.15) is 0 Å². The van der Waals surface area contributed by atoms with Gasteiger partial charge in [0, 0.05) is 35.6 Å². The molecule has 0 radical (unpaired) electrons. The smallest absolute Gasteiger partial charge is 0.410 e. The van der Waals surface area contributed by atoms with E-state index in [1.165, 1.54) is 0 Å². The van der Waals surface area contributed by atoms with Crippen LogP contribution in [0.1, 0.15) is 39.2 Å². The van der Waals surface area contributed by atoms with Gasteiger partial charge in [-0.25, -0.2) is 4.79 Å². The van der Waals surface area contributed by atoms with E-state index in [1.807, 2.05) is 63.2 Å². The van der Waals surface area contributed by atoms with Crippen molar-refractivity contribution in [3.63, 3.8) is 0 Å². The van der Waals surface area contributed by atoms with E-state index in [0.29, 0.717) is 18.9 Å². The first-order chi connectivity index (χ1) is 17.8. The van der Waals surface area contributed by atoms with Gasteiger partial charge in [0.05, 0.1) is 29.0 Å². The Morgan fingerprint density at radius 2 is 2.08 bits per heavy atom. The molecule has 1 atom stereocenters. The molecule has 1 aromatic carbocycles. The van der Waals surface area contributed by atoms with Crippen LogP contribution in [0.15, 0.2) is 61.1 Å². The second-order valence-corrected chi connectivity index (χ2v) is 10.2. The molecule has 1 aliphatic rings. The van der Waals surface area contributed by atoms with E-state index in [9.17, 15) is 4.79 Å². The number of fused-ring (bicyclic) bond motifs is 1. The maximum Gasteiger partial charge on any atom is 0.410 e. The second-order valence-electron chi connectivity index (χ2n) is 10.2. The Bertz CT molecular complexity index is 1480. The van der Waals surface area contributed by atoms with E-state index < -0.39 is 5.60 Å². The highest BCUT2D eigenvalue weighted by molar-refractivity contribution is 6.02. The number of ether oxygens (including phenoxy) is 2. The summed E-state index contributed by atoms with van der Waals surface area (Å²) >= 11 is 0. The molecule has 0 saturated carbocycles. The van der Waals surface area contributed by atoms with Crippen molar-refractivity contribution < 1.29 is 14.3 Å². The number of hydrogen-bond acceptors (Lipinski definition) is 5. The molecule has 7 heteroatoms. The van der Waals surface area contributed by atoms with Crippen molar-refractivity contribution in [1.29, 1.82) is 0 Å². The van der Waals surface area contributed by atoms with Gasteiger partial charge in [-0.05, 0) is 69.5 Å². The van der Waals surface area contributed by atoms with Gasteiger partial charge in [-0.15, -0.1) is 6.42 Å². The predicted molar refractivity (Wildman–Crippen MR) is 144 cm³/mol. The average molecular weight is 495 g/mol. The third-order valence-electron chi connectivity index (χ3n) is 6.36. The molecule has 0 unspecified atom stereocenters. The molecule has 4 heterocycles. The van der Waals surface area contributed by atoms with Gasteiger partial charge >= 0.3 is 6.09 Å². The molecule has 1 saturated heterocycles. The molecule has 5 rings (SSSR count). The number of carbonyl (C=O) groups is 1. The Morgan fingerprint density at radius 1 is 1.22 bits per heavy atom. The van der Waals surface area contributed by atoms with E-state index in [1.54, 1.807) is 23.5 Å². The van der Waals surface area contributed by atoms with Crippen LogP contribution in [0.5, 0.6) is 5.75 Å². The van der Waals surface area contributed by atoms with Crippen LogP contribution in [0.3, 0.4) is 0 Å². The number of rotatable bonds is 5. The molecule has 188 valence electrons. The van der Waals surface area contributed by atoms with Crippen LogP contribution < -0.4 is 4.74 Å². The van der Waals surface area contributed by atoms with Crippen molar-refractivity contribution in [1.82, 2.24) is 19.9 Å². The van der Waals surface area contributed by atoms with Crippen LogP contribution in [-0.2, 0) is 4.74 Å². The van der Waals surface area contributed by atoms with Gasteiger partial charge in [0.2, 0.25) is 0 Å². The summed E-state index contributed by atoms with van der Waals surface area (Å²) in [5, 5.41) is 0. The summed E-state index contributed by atoms with van der Waals surface area (Å²) in [6.45, 7) is 6.63. The molecule has 3 aromatic heterocycles. The van der Waals surface area contributed by atoms with Crippen LogP contribution >= 0.6 is 0 Å². The van der Waals surface area contributed by atoms with E-state index in [0.717, 1.165) is 51.8 Å². The third kappa shape index (κ3) is 5.14. The molecule has 0 spiro atoms. The molecular weight excluding hydrogens is 464 g/mol. The molecule has 7 nitrogen and oxygen atoms in total. The predicted octanol–water partition coefficient (Wildman–Crippen LogP) is 6.05. The Kier molecular flexibility index (Phi) is 6.58. The minimum atomic E-state index is -0.543. The van der Waals surface area contributed by atoms with Crippen LogP contribution in [0.2, 0.25) is 0 Å². The molecule has 37 heavy (non-hydrogen) atoms. The minimum Gasteiger partial charge on any atom is -0.489 e. The first-order valence-electron chi connectivity index (χ1n) is 12.4. The normalized spacial score (nSPS) is 15.5. The van der Waals surface area contributed by atoms with Crippen molar-refractivity contribution in [2.24, 2.45) is 0 Å². The lowest BCUT2D eigenvalue weighted by atomic mass is 9.99.